The molecule has 2 bridgehead atoms. The van der Waals surface area contributed by atoms with Crippen molar-refractivity contribution in [2.75, 3.05) is 6.54 Å². The largest absolute Gasteiger partial charge is 0.355 e. The molecule has 1 heterocycles. The zero-order chi connectivity index (χ0) is 11.8. The summed E-state index contributed by atoms with van der Waals surface area (Å²) in [5.41, 5.74) is 0. The molecule has 4 heteroatoms. The van der Waals surface area contributed by atoms with Crippen molar-refractivity contribution < 1.29 is 9.59 Å². The van der Waals surface area contributed by atoms with Gasteiger partial charge in [0.2, 0.25) is 11.8 Å². The first-order chi connectivity index (χ1) is 8.22. The highest BCUT2D eigenvalue weighted by Crippen LogP contribution is 2.44. The van der Waals surface area contributed by atoms with Gasteiger partial charge in [-0.2, -0.15) is 0 Å². The fraction of sp³-hybridized carbons (Fsp3) is 0.846. The molecule has 0 radical (unpaired) electrons. The molecule has 4 unspecified atom stereocenters. The minimum atomic E-state index is -0.00757. The van der Waals surface area contributed by atoms with Gasteiger partial charge in [0.25, 0.3) is 0 Å². The van der Waals surface area contributed by atoms with Gasteiger partial charge >= 0.3 is 0 Å². The van der Waals surface area contributed by atoms with Gasteiger partial charge in [-0.05, 0) is 37.5 Å². The maximum absolute atomic E-state index is 12.1. The topological polar surface area (TPSA) is 58.2 Å². The van der Waals surface area contributed by atoms with Crippen molar-refractivity contribution >= 4 is 11.8 Å². The van der Waals surface area contributed by atoms with E-state index in [9.17, 15) is 9.59 Å². The summed E-state index contributed by atoms with van der Waals surface area (Å²) in [7, 11) is 0. The zero-order valence-electron chi connectivity index (χ0n) is 10.1. The van der Waals surface area contributed by atoms with Crippen molar-refractivity contribution in [3.8, 4) is 0 Å². The first kappa shape index (κ1) is 11.1. The van der Waals surface area contributed by atoms with E-state index in [0.29, 0.717) is 25.4 Å². The second-order valence-corrected chi connectivity index (χ2v) is 5.83. The number of fused-ring (bicyclic) bond motifs is 2. The Labute approximate surface area is 102 Å². The minimum absolute atomic E-state index is 0.00757. The van der Waals surface area contributed by atoms with Gasteiger partial charge < -0.3 is 10.6 Å². The van der Waals surface area contributed by atoms with Gasteiger partial charge in [-0.15, -0.1) is 0 Å². The standard InChI is InChI=1S/C13H20N2O2/c16-12-4-3-10(7-14-12)13(17)15-11-6-8-1-2-9(11)5-8/h8-11H,1-7H2,(H,14,16)(H,15,17). The van der Waals surface area contributed by atoms with Crippen LogP contribution in [0.1, 0.15) is 38.5 Å². The first-order valence-corrected chi connectivity index (χ1v) is 6.79. The van der Waals surface area contributed by atoms with E-state index in [2.05, 4.69) is 10.6 Å². The normalized spacial score (nSPS) is 40.1. The lowest BCUT2D eigenvalue weighted by Gasteiger charge is -2.27. The van der Waals surface area contributed by atoms with E-state index in [0.717, 1.165) is 11.8 Å². The Hall–Kier alpha value is -1.06. The molecule has 17 heavy (non-hydrogen) atoms. The van der Waals surface area contributed by atoms with Crippen LogP contribution in [0.2, 0.25) is 0 Å². The van der Waals surface area contributed by atoms with Gasteiger partial charge in [-0.3, -0.25) is 9.59 Å². The van der Waals surface area contributed by atoms with Gasteiger partial charge in [-0.25, -0.2) is 0 Å². The number of hydrogen-bond donors (Lipinski definition) is 2. The Morgan fingerprint density at radius 2 is 2.12 bits per heavy atom. The molecule has 1 aliphatic heterocycles. The number of carbonyl (C=O) groups is 2. The van der Waals surface area contributed by atoms with Crippen LogP contribution in [-0.2, 0) is 9.59 Å². The van der Waals surface area contributed by atoms with E-state index >= 15 is 0 Å². The number of rotatable bonds is 2. The molecule has 2 N–H and O–H groups in total. The van der Waals surface area contributed by atoms with Crippen LogP contribution in [0.3, 0.4) is 0 Å². The molecular formula is C13H20N2O2. The summed E-state index contributed by atoms with van der Waals surface area (Å²) < 4.78 is 0. The number of hydrogen-bond acceptors (Lipinski definition) is 2. The summed E-state index contributed by atoms with van der Waals surface area (Å²) in [5, 5.41) is 5.98. The fourth-order valence-corrected chi connectivity index (χ4v) is 3.68. The van der Waals surface area contributed by atoms with Crippen LogP contribution in [-0.4, -0.2) is 24.4 Å². The van der Waals surface area contributed by atoms with Crippen LogP contribution in [0.15, 0.2) is 0 Å². The molecular weight excluding hydrogens is 216 g/mol. The summed E-state index contributed by atoms with van der Waals surface area (Å²) in [6.45, 7) is 0.519. The lowest BCUT2D eigenvalue weighted by Crippen LogP contribution is -2.47. The van der Waals surface area contributed by atoms with Crippen LogP contribution >= 0.6 is 0 Å². The minimum Gasteiger partial charge on any atom is -0.355 e. The molecule has 2 saturated carbocycles. The van der Waals surface area contributed by atoms with Crippen LogP contribution in [0.4, 0.5) is 0 Å². The van der Waals surface area contributed by atoms with Gasteiger partial charge in [0.15, 0.2) is 0 Å². The van der Waals surface area contributed by atoms with E-state index in [-0.39, 0.29) is 17.7 Å². The number of nitrogens with one attached hydrogen (secondary N) is 2. The highest BCUT2D eigenvalue weighted by molar-refractivity contribution is 5.83. The highest BCUT2D eigenvalue weighted by atomic mass is 16.2. The third-order valence-corrected chi connectivity index (χ3v) is 4.70. The van der Waals surface area contributed by atoms with Crippen LogP contribution < -0.4 is 10.6 Å². The molecule has 3 rings (SSSR count). The molecule has 0 spiro atoms. The van der Waals surface area contributed by atoms with Crippen molar-refractivity contribution in [3.63, 3.8) is 0 Å². The van der Waals surface area contributed by atoms with Crippen molar-refractivity contribution in [2.45, 2.75) is 44.6 Å². The molecule has 2 aliphatic carbocycles. The quantitative estimate of drug-likeness (QED) is 0.745. The molecule has 2 amide bonds. The summed E-state index contributed by atoms with van der Waals surface area (Å²) >= 11 is 0. The molecule has 4 nitrogen and oxygen atoms in total. The summed E-state index contributed by atoms with van der Waals surface area (Å²) in [6.07, 6.45) is 6.34. The molecule has 1 saturated heterocycles. The van der Waals surface area contributed by atoms with E-state index in [1.807, 2.05) is 0 Å². The van der Waals surface area contributed by atoms with Crippen LogP contribution in [0.5, 0.6) is 0 Å². The Kier molecular flexibility index (Phi) is 2.81. The second kappa shape index (κ2) is 4.31. The maximum Gasteiger partial charge on any atom is 0.225 e. The summed E-state index contributed by atoms with van der Waals surface area (Å²) in [5.74, 6) is 1.81. The smallest absolute Gasteiger partial charge is 0.225 e. The van der Waals surface area contributed by atoms with Gasteiger partial charge in [0, 0.05) is 19.0 Å². The Morgan fingerprint density at radius 3 is 2.71 bits per heavy atom. The van der Waals surface area contributed by atoms with Gasteiger partial charge in [0.1, 0.15) is 0 Å². The van der Waals surface area contributed by atoms with E-state index in [1.165, 1.54) is 25.7 Å². The van der Waals surface area contributed by atoms with E-state index < -0.39 is 0 Å². The van der Waals surface area contributed by atoms with E-state index in [4.69, 9.17) is 0 Å². The lowest BCUT2D eigenvalue weighted by molar-refractivity contribution is -0.129. The third kappa shape index (κ3) is 2.17. The SMILES string of the molecule is O=C1CCC(C(=O)NC2CC3CCC2C3)CN1. The van der Waals surface area contributed by atoms with Crippen molar-refractivity contribution in [3.05, 3.63) is 0 Å². The van der Waals surface area contributed by atoms with Crippen LogP contribution in [0.25, 0.3) is 0 Å². The fourth-order valence-electron chi connectivity index (χ4n) is 3.68. The summed E-state index contributed by atoms with van der Waals surface area (Å²) in [6, 6.07) is 0.416. The Balaban J connectivity index is 1.52. The average molecular weight is 236 g/mol. The first-order valence-electron chi connectivity index (χ1n) is 6.79. The molecule has 0 aromatic carbocycles. The Bertz CT molecular complexity index is 332. The third-order valence-electron chi connectivity index (χ3n) is 4.70. The number of carbonyl (C=O) groups excluding carboxylic acids is 2. The lowest BCUT2D eigenvalue weighted by atomic mass is 9.93. The average Bonchev–Trinajstić information content (AvgIpc) is 2.91. The Morgan fingerprint density at radius 1 is 1.24 bits per heavy atom. The highest BCUT2D eigenvalue weighted by Gasteiger charge is 2.40. The number of amides is 2. The molecule has 94 valence electrons. The molecule has 3 fully saturated rings. The van der Waals surface area contributed by atoms with Crippen molar-refractivity contribution in [2.24, 2.45) is 17.8 Å². The summed E-state index contributed by atoms with van der Waals surface area (Å²) in [4.78, 5) is 23.1. The molecule has 0 aromatic heterocycles. The predicted octanol–water partition coefficient (Wildman–Crippen LogP) is 0.817. The predicted molar refractivity (Wildman–Crippen MR) is 63.1 cm³/mol. The zero-order valence-corrected chi connectivity index (χ0v) is 10.1. The number of piperidine rings is 1. The van der Waals surface area contributed by atoms with Gasteiger partial charge in [-0.1, -0.05) is 6.42 Å². The second-order valence-electron chi connectivity index (χ2n) is 5.83. The van der Waals surface area contributed by atoms with Crippen molar-refractivity contribution in [1.82, 2.24) is 10.6 Å². The molecule has 3 aliphatic rings. The molecule has 4 atom stereocenters. The maximum atomic E-state index is 12.1. The van der Waals surface area contributed by atoms with Gasteiger partial charge in [0.05, 0.1) is 5.92 Å². The van der Waals surface area contributed by atoms with Crippen molar-refractivity contribution in [1.29, 1.82) is 0 Å². The van der Waals surface area contributed by atoms with E-state index in [1.54, 1.807) is 0 Å². The molecule has 0 aromatic rings. The monoisotopic (exact) mass is 236 g/mol. The van der Waals surface area contributed by atoms with Crippen LogP contribution in [0, 0.1) is 17.8 Å².